The molecule has 3 nitrogen and oxygen atoms in total. The second-order valence-electron chi connectivity index (χ2n) is 4.14. The number of rotatable bonds is 3. The van der Waals surface area contributed by atoms with Gasteiger partial charge in [0, 0.05) is 12.1 Å². The van der Waals surface area contributed by atoms with Gasteiger partial charge < -0.3 is 9.67 Å². The number of aromatic carboxylic acids is 1. The Kier molecular flexibility index (Phi) is 3.19. The van der Waals surface area contributed by atoms with Crippen LogP contribution < -0.4 is 0 Å². The maximum Gasteiger partial charge on any atom is 0.352 e. The van der Waals surface area contributed by atoms with Gasteiger partial charge in [-0.2, -0.15) is 0 Å². The van der Waals surface area contributed by atoms with Gasteiger partial charge >= 0.3 is 5.97 Å². The molecule has 0 fully saturated rings. The molecule has 1 N–H and O–H groups in total. The quantitative estimate of drug-likeness (QED) is 0.904. The Balaban J connectivity index is 2.64. The summed E-state index contributed by atoms with van der Waals surface area (Å²) in [5.41, 5.74) is 2.14. The Morgan fingerprint density at radius 1 is 1.33 bits per heavy atom. The Hall–Kier alpha value is -2.10. The van der Waals surface area contributed by atoms with E-state index in [4.69, 9.17) is 5.11 Å². The van der Waals surface area contributed by atoms with E-state index in [2.05, 4.69) is 0 Å². The van der Waals surface area contributed by atoms with Gasteiger partial charge in [0.25, 0.3) is 0 Å². The fraction of sp³-hybridized carbons (Fsp3) is 0.214. The Morgan fingerprint density at radius 3 is 2.67 bits per heavy atom. The van der Waals surface area contributed by atoms with E-state index in [9.17, 15) is 9.18 Å². The van der Waals surface area contributed by atoms with Crippen LogP contribution in [0.3, 0.4) is 0 Å². The van der Waals surface area contributed by atoms with Gasteiger partial charge in [0.15, 0.2) is 0 Å². The first-order chi connectivity index (χ1) is 8.54. The standard InChI is InChI=1S/C14H14FNO2/c1-3-16-12(6-7-13(16)14(17)18)10-8-9(2)4-5-11(10)15/h4-8H,3H2,1-2H3,(H,17,18). The summed E-state index contributed by atoms with van der Waals surface area (Å²) in [5.74, 6) is -1.35. The minimum atomic E-state index is -1.00. The van der Waals surface area contributed by atoms with E-state index in [1.54, 1.807) is 22.8 Å². The van der Waals surface area contributed by atoms with Crippen LogP contribution in [0.1, 0.15) is 23.0 Å². The number of aromatic nitrogens is 1. The minimum absolute atomic E-state index is 0.174. The van der Waals surface area contributed by atoms with Gasteiger partial charge in [-0.25, -0.2) is 9.18 Å². The van der Waals surface area contributed by atoms with Gasteiger partial charge in [-0.05, 0) is 38.1 Å². The molecule has 2 rings (SSSR count). The second-order valence-corrected chi connectivity index (χ2v) is 4.14. The molecule has 0 bridgehead atoms. The largest absolute Gasteiger partial charge is 0.477 e. The van der Waals surface area contributed by atoms with Gasteiger partial charge in [0.05, 0.1) is 5.69 Å². The molecule has 0 spiro atoms. The molecule has 2 aromatic rings. The van der Waals surface area contributed by atoms with Gasteiger partial charge in [0.2, 0.25) is 0 Å². The van der Waals surface area contributed by atoms with Crippen molar-refractivity contribution in [1.82, 2.24) is 4.57 Å². The van der Waals surface area contributed by atoms with Crippen molar-refractivity contribution in [2.75, 3.05) is 0 Å². The Bertz CT molecular complexity index is 602. The first-order valence-corrected chi connectivity index (χ1v) is 5.74. The monoisotopic (exact) mass is 247 g/mol. The molecule has 0 aliphatic rings. The van der Waals surface area contributed by atoms with Crippen molar-refractivity contribution in [3.63, 3.8) is 0 Å². The van der Waals surface area contributed by atoms with Gasteiger partial charge in [-0.1, -0.05) is 11.6 Å². The highest BCUT2D eigenvalue weighted by Gasteiger charge is 2.16. The van der Waals surface area contributed by atoms with Crippen LogP contribution in [-0.4, -0.2) is 15.6 Å². The lowest BCUT2D eigenvalue weighted by Gasteiger charge is -2.10. The predicted molar refractivity (Wildman–Crippen MR) is 67.2 cm³/mol. The molecule has 1 aromatic heterocycles. The van der Waals surface area contributed by atoms with Crippen molar-refractivity contribution in [3.8, 4) is 11.3 Å². The Morgan fingerprint density at radius 2 is 2.06 bits per heavy atom. The predicted octanol–water partition coefficient (Wildman–Crippen LogP) is 3.32. The van der Waals surface area contributed by atoms with Crippen LogP contribution >= 0.6 is 0 Å². The number of aryl methyl sites for hydroxylation is 1. The number of carboxylic acids is 1. The number of halogens is 1. The molecule has 1 heterocycles. The van der Waals surface area contributed by atoms with Crippen LogP contribution in [0.5, 0.6) is 0 Å². The highest BCUT2D eigenvalue weighted by atomic mass is 19.1. The van der Waals surface area contributed by atoms with Crippen LogP contribution in [0.25, 0.3) is 11.3 Å². The molecule has 18 heavy (non-hydrogen) atoms. The molecule has 0 atom stereocenters. The average Bonchev–Trinajstić information content (AvgIpc) is 2.75. The van der Waals surface area contributed by atoms with Crippen molar-refractivity contribution >= 4 is 5.97 Å². The molecule has 0 saturated heterocycles. The van der Waals surface area contributed by atoms with Crippen LogP contribution in [0, 0.1) is 12.7 Å². The number of hydrogen-bond acceptors (Lipinski definition) is 1. The van der Waals surface area contributed by atoms with Crippen LogP contribution in [0.2, 0.25) is 0 Å². The van der Waals surface area contributed by atoms with Crippen molar-refractivity contribution in [3.05, 3.63) is 47.4 Å². The van der Waals surface area contributed by atoms with E-state index >= 15 is 0 Å². The average molecular weight is 247 g/mol. The number of nitrogens with zero attached hydrogens (tertiary/aromatic N) is 1. The van der Waals surface area contributed by atoms with Gasteiger partial charge in [0.1, 0.15) is 11.5 Å². The Labute approximate surface area is 104 Å². The number of hydrogen-bond donors (Lipinski definition) is 1. The van der Waals surface area contributed by atoms with Gasteiger partial charge in [-0.15, -0.1) is 0 Å². The van der Waals surface area contributed by atoms with E-state index < -0.39 is 5.97 Å². The minimum Gasteiger partial charge on any atom is -0.477 e. The smallest absolute Gasteiger partial charge is 0.352 e. The molecule has 94 valence electrons. The fourth-order valence-corrected chi connectivity index (χ4v) is 2.07. The maximum atomic E-state index is 13.8. The molecule has 0 saturated carbocycles. The molecular weight excluding hydrogens is 233 g/mol. The van der Waals surface area contributed by atoms with E-state index in [0.717, 1.165) is 5.56 Å². The summed E-state index contributed by atoms with van der Waals surface area (Å²) in [6, 6.07) is 7.96. The summed E-state index contributed by atoms with van der Waals surface area (Å²) in [6.07, 6.45) is 0. The lowest BCUT2D eigenvalue weighted by Crippen LogP contribution is -2.08. The molecule has 0 aliphatic heterocycles. The lowest BCUT2D eigenvalue weighted by atomic mass is 10.1. The summed E-state index contributed by atoms with van der Waals surface area (Å²) in [7, 11) is 0. The zero-order valence-electron chi connectivity index (χ0n) is 10.3. The van der Waals surface area contributed by atoms with Crippen molar-refractivity contribution in [2.24, 2.45) is 0 Å². The normalized spacial score (nSPS) is 10.6. The molecule has 0 unspecified atom stereocenters. The summed E-state index contributed by atoms with van der Waals surface area (Å²) in [6.45, 7) is 4.20. The van der Waals surface area contributed by atoms with E-state index in [1.807, 2.05) is 13.8 Å². The summed E-state index contributed by atoms with van der Waals surface area (Å²) < 4.78 is 15.4. The zero-order chi connectivity index (χ0) is 13.3. The topological polar surface area (TPSA) is 42.2 Å². The van der Waals surface area contributed by atoms with Crippen molar-refractivity contribution in [2.45, 2.75) is 20.4 Å². The molecule has 0 amide bonds. The molecule has 0 aliphatic carbocycles. The van der Waals surface area contributed by atoms with Crippen LogP contribution in [0.4, 0.5) is 4.39 Å². The van der Waals surface area contributed by atoms with E-state index in [0.29, 0.717) is 17.8 Å². The summed E-state index contributed by atoms with van der Waals surface area (Å²) in [4.78, 5) is 11.1. The molecule has 0 radical (unpaired) electrons. The summed E-state index contributed by atoms with van der Waals surface area (Å²) >= 11 is 0. The number of carboxylic acid groups (broad SMARTS) is 1. The van der Waals surface area contributed by atoms with Crippen LogP contribution in [-0.2, 0) is 6.54 Å². The van der Waals surface area contributed by atoms with E-state index in [1.165, 1.54) is 12.1 Å². The first-order valence-electron chi connectivity index (χ1n) is 5.74. The highest BCUT2D eigenvalue weighted by molar-refractivity contribution is 5.87. The SMILES string of the molecule is CCn1c(C(=O)O)ccc1-c1cc(C)ccc1F. The lowest BCUT2D eigenvalue weighted by molar-refractivity contribution is 0.0685. The fourth-order valence-electron chi connectivity index (χ4n) is 2.07. The third-order valence-electron chi connectivity index (χ3n) is 2.91. The third-order valence-corrected chi connectivity index (χ3v) is 2.91. The number of benzene rings is 1. The number of carbonyl (C=O) groups is 1. The highest BCUT2D eigenvalue weighted by Crippen LogP contribution is 2.26. The van der Waals surface area contributed by atoms with Crippen molar-refractivity contribution < 1.29 is 14.3 Å². The molecule has 4 heteroatoms. The van der Waals surface area contributed by atoms with E-state index in [-0.39, 0.29) is 11.5 Å². The molecule has 1 aromatic carbocycles. The first kappa shape index (κ1) is 12.4. The summed E-state index contributed by atoms with van der Waals surface area (Å²) in [5, 5.41) is 9.07. The van der Waals surface area contributed by atoms with Gasteiger partial charge in [-0.3, -0.25) is 0 Å². The third kappa shape index (κ3) is 2.01. The zero-order valence-corrected chi connectivity index (χ0v) is 10.3. The molecular formula is C14H14FNO2. The van der Waals surface area contributed by atoms with Crippen LogP contribution in [0.15, 0.2) is 30.3 Å². The van der Waals surface area contributed by atoms with Crippen molar-refractivity contribution in [1.29, 1.82) is 0 Å². The second kappa shape index (κ2) is 4.64. The maximum absolute atomic E-state index is 13.8.